The summed E-state index contributed by atoms with van der Waals surface area (Å²) in [6, 6.07) is 9.03. The molecule has 210 valence electrons. The average Bonchev–Trinajstić information content (AvgIpc) is 3.32. The lowest BCUT2D eigenvalue weighted by molar-refractivity contribution is -0.0559. The molecule has 5 rings (SSSR count). The molecule has 1 N–H and O–H groups in total. The summed E-state index contributed by atoms with van der Waals surface area (Å²) in [5, 5.41) is 10.9. The third-order valence-electron chi connectivity index (χ3n) is 6.83. The van der Waals surface area contributed by atoms with Crippen molar-refractivity contribution in [3.63, 3.8) is 0 Å². The third kappa shape index (κ3) is 5.35. The second kappa shape index (κ2) is 10.0. The Morgan fingerprint density at radius 1 is 1.07 bits per heavy atom. The van der Waals surface area contributed by atoms with E-state index in [4.69, 9.17) is 4.74 Å². The number of pyridine rings is 1. The molecule has 2 aromatic heterocycles. The highest BCUT2D eigenvalue weighted by Gasteiger charge is 2.38. The summed E-state index contributed by atoms with van der Waals surface area (Å²) in [6.45, 7) is 2.65. The lowest BCUT2D eigenvalue weighted by Gasteiger charge is -2.32. The van der Waals surface area contributed by atoms with Gasteiger partial charge in [0, 0.05) is 43.4 Å². The first-order valence-corrected chi connectivity index (χ1v) is 13.4. The fraction of sp³-hybridized carbons (Fsp3) is 0.310. The predicted octanol–water partition coefficient (Wildman–Crippen LogP) is 6.44. The van der Waals surface area contributed by atoms with Gasteiger partial charge in [-0.15, -0.1) is 11.3 Å². The highest BCUT2D eigenvalue weighted by molar-refractivity contribution is 7.21. The number of aromatic nitrogens is 1. The van der Waals surface area contributed by atoms with Crippen molar-refractivity contribution in [3.8, 4) is 22.6 Å². The van der Waals surface area contributed by atoms with Crippen LogP contribution in [0.3, 0.4) is 0 Å². The van der Waals surface area contributed by atoms with Crippen LogP contribution in [0.4, 0.5) is 17.6 Å². The number of hydrogen-bond donors (Lipinski definition) is 1. The third-order valence-corrected chi connectivity index (χ3v) is 7.99. The van der Waals surface area contributed by atoms with Crippen molar-refractivity contribution in [1.82, 2.24) is 9.47 Å². The number of ether oxygens (including phenoxy) is 1. The lowest BCUT2D eigenvalue weighted by atomic mass is 9.94. The van der Waals surface area contributed by atoms with E-state index in [0.29, 0.717) is 27.5 Å². The van der Waals surface area contributed by atoms with Crippen molar-refractivity contribution in [2.75, 3.05) is 13.1 Å². The number of likely N-dealkylation sites (tertiary alicyclic amines) is 1. The summed E-state index contributed by atoms with van der Waals surface area (Å²) in [7, 11) is 1.52. The van der Waals surface area contributed by atoms with Gasteiger partial charge in [0.15, 0.2) is 11.6 Å². The second-order valence-electron chi connectivity index (χ2n) is 10.4. The molecule has 11 heteroatoms. The quantitative estimate of drug-likeness (QED) is 0.279. The number of amides is 1. The number of alkyl halides is 2. The Kier molecular flexibility index (Phi) is 6.99. The zero-order chi connectivity index (χ0) is 29.0. The molecule has 1 fully saturated rings. The Labute approximate surface area is 231 Å². The van der Waals surface area contributed by atoms with Crippen LogP contribution in [0, 0.1) is 11.6 Å². The van der Waals surface area contributed by atoms with Gasteiger partial charge in [0.2, 0.25) is 0 Å². The minimum atomic E-state index is -2.98. The number of hydrogen-bond acceptors (Lipinski definition) is 5. The van der Waals surface area contributed by atoms with E-state index in [2.05, 4.69) is 0 Å². The Bertz CT molecular complexity index is 1690. The van der Waals surface area contributed by atoms with Gasteiger partial charge in [-0.3, -0.25) is 9.59 Å². The topological polar surface area (TPSA) is 71.8 Å². The molecule has 0 spiro atoms. The SMILES string of the molecule is Cn1cc(-c2cc(C(C)(C)O)ccc2Oc2ccc(F)cc2F)c2sc(C(=O)N3CCCC(F)(F)C3)cc2c1=O. The Morgan fingerprint density at radius 3 is 2.48 bits per heavy atom. The minimum absolute atomic E-state index is 0.128. The molecule has 6 nitrogen and oxygen atoms in total. The zero-order valence-electron chi connectivity index (χ0n) is 21.9. The molecule has 0 radical (unpaired) electrons. The monoisotopic (exact) mass is 574 g/mol. The van der Waals surface area contributed by atoms with Gasteiger partial charge in [-0.1, -0.05) is 6.07 Å². The summed E-state index contributed by atoms with van der Waals surface area (Å²) >= 11 is 0.986. The van der Waals surface area contributed by atoms with Gasteiger partial charge in [0.05, 0.1) is 27.1 Å². The maximum Gasteiger partial charge on any atom is 0.265 e. The smallest absolute Gasteiger partial charge is 0.265 e. The van der Waals surface area contributed by atoms with Crippen LogP contribution < -0.4 is 10.3 Å². The van der Waals surface area contributed by atoms with E-state index in [1.54, 1.807) is 26.0 Å². The van der Waals surface area contributed by atoms with Crippen LogP contribution in [-0.4, -0.2) is 39.5 Å². The molecule has 40 heavy (non-hydrogen) atoms. The number of halogens is 4. The molecule has 4 aromatic rings. The van der Waals surface area contributed by atoms with E-state index in [0.717, 1.165) is 28.4 Å². The lowest BCUT2D eigenvalue weighted by Crippen LogP contribution is -2.45. The maximum atomic E-state index is 14.5. The van der Waals surface area contributed by atoms with Gasteiger partial charge in [0.25, 0.3) is 17.4 Å². The van der Waals surface area contributed by atoms with Gasteiger partial charge in [-0.05, 0) is 56.2 Å². The van der Waals surface area contributed by atoms with E-state index >= 15 is 0 Å². The fourth-order valence-electron chi connectivity index (χ4n) is 4.73. The van der Waals surface area contributed by atoms with Crippen molar-refractivity contribution in [2.24, 2.45) is 7.05 Å². The first kappa shape index (κ1) is 27.9. The summed E-state index contributed by atoms with van der Waals surface area (Å²) in [5.41, 5.74) is -0.379. The van der Waals surface area contributed by atoms with Gasteiger partial charge >= 0.3 is 0 Å². The van der Waals surface area contributed by atoms with E-state index < -0.39 is 41.2 Å². The largest absolute Gasteiger partial charge is 0.454 e. The summed E-state index contributed by atoms with van der Waals surface area (Å²) in [6.07, 6.45) is 1.41. The number of nitrogens with zero attached hydrogens (tertiary/aromatic N) is 2. The Morgan fingerprint density at radius 2 is 1.80 bits per heavy atom. The van der Waals surface area contributed by atoms with Gasteiger partial charge in [-0.2, -0.15) is 0 Å². The predicted molar refractivity (Wildman–Crippen MR) is 144 cm³/mol. The van der Waals surface area contributed by atoms with Crippen LogP contribution in [-0.2, 0) is 12.6 Å². The molecule has 3 heterocycles. The van der Waals surface area contributed by atoms with E-state index in [1.165, 1.54) is 29.9 Å². The van der Waals surface area contributed by atoms with Crippen molar-refractivity contribution in [3.05, 3.63) is 81.1 Å². The van der Waals surface area contributed by atoms with Crippen LogP contribution in [0.2, 0.25) is 0 Å². The standard InChI is InChI=1S/C29H26F4N2O4S/c1-28(2,38)16-5-7-22(39-23-8-6-17(30)12-21(23)31)18(11-16)20-14-34(3)26(36)19-13-24(40-25(19)20)27(37)35-10-4-9-29(32,33)15-35/h5-8,11-14,38H,4,9-10,15H2,1-3H3. The average molecular weight is 575 g/mol. The molecule has 1 aliphatic rings. The zero-order valence-corrected chi connectivity index (χ0v) is 22.8. The second-order valence-corrected chi connectivity index (χ2v) is 11.5. The summed E-state index contributed by atoms with van der Waals surface area (Å²) < 4.78 is 63.6. The first-order valence-electron chi connectivity index (χ1n) is 12.5. The number of rotatable bonds is 5. The van der Waals surface area contributed by atoms with Crippen LogP contribution in [0.15, 0.2) is 53.5 Å². The van der Waals surface area contributed by atoms with Crippen LogP contribution in [0.5, 0.6) is 11.5 Å². The number of fused-ring (bicyclic) bond motifs is 1. The summed E-state index contributed by atoms with van der Waals surface area (Å²) in [4.78, 5) is 27.5. The number of carbonyl (C=O) groups excluding carboxylic acids is 1. The molecule has 0 bridgehead atoms. The normalized spacial score (nSPS) is 15.4. The van der Waals surface area contributed by atoms with Crippen molar-refractivity contribution in [1.29, 1.82) is 0 Å². The van der Waals surface area contributed by atoms with E-state index in [1.807, 2.05) is 0 Å². The first-order chi connectivity index (χ1) is 18.7. The number of benzene rings is 2. The molecule has 0 saturated carbocycles. The van der Waals surface area contributed by atoms with Crippen molar-refractivity contribution in [2.45, 2.75) is 38.2 Å². The molecule has 1 aliphatic heterocycles. The van der Waals surface area contributed by atoms with Gasteiger partial charge in [0.1, 0.15) is 11.6 Å². The minimum Gasteiger partial charge on any atom is -0.454 e. The molecule has 0 unspecified atom stereocenters. The molecule has 1 saturated heterocycles. The van der Waals surface area contributed by atoms with Crippen molar-refractivity contribution >= 4 is 27.3 Å². The van der Waals surface area contributed by atoms with E-state index in [-0.39, 0.29) is 41.1 Å². The van der Waals surface area contributed by atoms with Gasteiger partial charge in [-0.25, -0.2) is 17.6 Å². The van der Waals surface area contributed by atoms with E-state index in [9.17, 15) is 32.3 Å². The highest BCUT2D eigenvalue weighted by Crippen LogP contribution is 2.42. The molecule has 1 amide bonds. The maximum absolute atomic E-state index is 14.5. The number of thiophene rings is 1. The highest BCUT2D eigenvalue weighted by atomic mass is 32.1. The molecular weight excluding hydrogens is 548 g/mol. The fourth-order valence-corrected chi connectivity index (χ4v) is 5.87. The summed E-state index contributed by atoms with van der Waals surface area (Å²) in [5.74, 6) is -5.37. The number of aryl methyl sites for hydroxylation is 1. The molecule has 2 aromatic carbocycles. The molecular formula is C29H26F4N2O4S. The number of piperidine rings is 1. The number of aliphatic hydroxyl groups is 1. The Balaban J connectivity index is 1.68. The Hall–Kier alpha value is -3.70. The number of carbonyl (C=O) groups is 1. The van der Waals surface area contributed by atoms with Crippen LogP contribution in [0.1, 0.15) is 41.9 Å². The van der Waals surface area contributed by atoms with Crippen LogP contribution in [0.25, 0.3) is 21.2 Å². The van der Waals surface area contributed by atoms with Crippen LogP contribution >= 0.6 is 11.3 Å². The molecule has 0 aliphatic carbocycles. The van der Waals surface area contributed by atoms with Gasteiger partial charge < -0.3 is 19.3 Å². The van der Waals surface area contributed by atoms with Crippen molar-refractivity contribution < 1.29 is 32.2 Å². The molecule has 0 atom stereocenters.